The summed E-state index contributed by atoms with van der Waals surface area (Å²) in [6.07, 6.45) is -9.22. The zero-order valence-corrected chi connectivity index (χ0v) is 20.3. The predicted molar refractivity (Wildman–Crippen MR) is 118 cm³/mol. The summed E-state index contributed by atoms with van der Waals surface area (Å²) in [5.74, 6) is -3.72. The molecule has 1 aliphatic carbocycles. The molecule has 0 spiro atoms. The molecule has 2 aromatic rings. The molecule has 2 aromatic carbocycles. The van der Waals surface area contributed by atoms with Crippen molar-refractivity contribution >= 4 is 68.2 Å². The van der Waals surface area contributed by atoms with E-state index in [1.807, 2.05) is 0 Å². The van der Waals surface area contributed by atoms with Gasteiger partial charge in [-0.2, -0.15) is 26.3 Å². The first-order valence-corrected chi connectivity index (χ1v) is 11.1. The van der Waals surface area contributed by atoms with E-state index in [4.69, 9.17) is 34.8 Å². The SMILES string of the molecule is O=C(NCC(F)(F)F)c1cc(NC(=O)C2C(c3ccc(C(F)(F)F)c(Br)c3)C2(Cl)Cl)ccc1Cl. The fraction of sp³-hybridized carbons (Fsp3) is 0.300. The average Bonchev–Trinajstić information content (AvgIpc) is 3.28. The van der Waals surface area contributed by atoms with Crippen LogP contribution in [0.25, 0.3) is 0 Å². The van der Waals surface area contributed by atoms with Crippen molar-refractivity contribution in [2.45, 2.75) is 22.6 Å². The highest BCUT2D eigenvalue weighted by Crippen LogP contribution is 2.65. The summed E-state index contributed by atoms with van der Waals surface area (Å²) >= 11 is 21.2. The van der Waals surface area contributed by atoms with E-state index in [-0.39, 0.29) is 26.3 Å². The molecule has 2 atom stereocenters. The summed E-state index contributed by atoms with van der Waals surface area (Å²) in [6, 6.07) is 6.74. The molecule has 0 aromatic heterocycles. The molecule has 184 valence electrons. The summed E-state index contributed by atoms with van der Waals surface area (Å²) in [5, 5.41) is 3.96. The first-order chi connectivity index (χ1) is 15.5. The number of anilines is 1. The van der Waals surface area contributed by atoms with Gasteiger partial charge in [-0.15, -0.1) is 23.2 Å². The van der Waals surface area contributed by atoms with E-state index in [1.54, 1.807) is 5.32 Å². The van der Waals surface area contributed by atoms with Gasteiger partial charge in [-0.3, -0.25) is 9.59 Å². The molecule has 3 rings (SSSR count). The molecule has 14 heteroatoms. The minimum Gasteiger partial charge on any atom is -0.343 e. The maximum Gasteiger partial charge on any atom is 0.417 e. The lowest BCUT2D eigenvalue weighted by Gasteiger charge is -2.12. The molecule has 0 aliphatic heterocycles. The topological polar surface area (TPSA) is 58.2 Å². The Morgan fingerprint density at radius 1 is 1.03 bits per heavy atom. The zero-order valence-electron chi connectivity index (χ0n) is 16.4. The van der Waals surface area contributed by atoms with Crippen molar-refractivity contribution in [3.63, 3.8) is 0 Å². The van der Waals surface area contributed by atoms with Gasteiger partial charge in [-0.25, -0.2) is 0 Å². The first-order valence-electron chi connectivity index (χ1n) is 9.22. The Kier molecular flexibility index (Phi) is 7.44. The number of carbonyl (C=O) groups is 2. The lowest BCUT2D eigenvalue weighted by Crippen LogP contribution is -2.33. The van der Waals surface area contributed by atoms with E-state index in [0.29, 0.717) is 0 Å². The van der Waals surface area contributed by atoms with Crippen molar-refractivity contribution in [1.29, 1.82) is 0 Å². The molecule has 1 aliphatic rings. The van der Waals surface area contributed by atoms with E-state index in [0.717, 1.165) is 18.2 Å². The summed E-state index contributed by atoms with van der Waals surface area (Å²) in [6.45, 7) is -1.58. The van der Waals surface area contributed by atoms with E-state index >= 15 is 0 Å². The molecule has 1 saturated carbocycles. The Balaban J connectivity index is 1.76. The van der Waals surface area contributed by atoms with E-state index in [2.05, 4.69) is 21.2 Å². The molecule has 4 nitrogen and oxygen atoms in total. The highest BCUT2D eigenvalue weighted by atomic mass is 79.9. The molecule has 0 heterocycles. The van der Waals surface area contributed by atoms with Gasteiger partial charge in [-0.05, 0) is 35.9 Å². The zero-order chi connectivity index (χ0) is 25.6. The van der Waals surface area contributed by atoms with Gasteiger partial charge < -0.3 is 10.6 Å². The van der Waals surface area contributed by atoms with Crippen LogP contribution < -0.4 is 10.6 Å². The van der Waals surface area contributed by atoms with Gasteiger partial charge in [-0.1, -0.05) is 33.6 Å². The van der Waals surface area contributed by atoms with Crippen molar-refractivity contribution in [3.05, 3.63) is 62.6 Å². The number of benzene rings is 2. The third-order valence-electron chi connectivity index (χ3n) is 4.92. The van der Waals surface area contributed by atoms with Crippen LogP contribution in [0.15, 0.2) is 40.9 Å². The van der Waals surface area contributed by atoms with Crippen LogP contribution in [0.5, 0.6) is 0 Å². The van der Waals surface area contributed by atoms with Crippen molar-refractivity contribution in [2.24, 2.45) is 5.92 Å². The van der Waals surface area contributed by atoms with Crippen molar-refractivity contribution in [3.8, 4) is 0 Å². The molecule has 2 unspecified atom stereocenters. The van der Waals surface area contributed by atoms with Crippen LogP contribution in [0.4, 0.5) is 32.0 Å². The van der Waals surface area contributed by atoms with Crippen LogP contribution >= 0.6 is 50.7 Å². The molecule has 34 heavy (non-hydrogen) atoms. The molecular weight excluding hydrogens is 600 g/mol. The van der Waals surface area contributed by atoms with Crippen LogP contribution in [0.2, 0.25) is 5.02 Å². The molecule has 0 radical (unpaired) electrons. The lowest BCUT2D eigenvalue weighted by molar-refractivity contribution is -0.138. The van der Waals surface area contributed by atoms with Crippen molar-refractivity contribution in [1.82, 2.24) is 5.32 Å². The molecular formula is C20H12BrCl3F6N2O2. The van der Waals surface area contributed by atoms with Gasteiger partial charge in [0.1, 0.15) is 10.9 Å². The normalized spacial score (nSPS) is 19.5. The predicted octanol–water partition coefficient (Wildman–Crippen LogP) is 6.94. The fourth-order valence-corrected chi connectivity index (χ4v) is 4.95. The number of rotatable bonds is 5. The number of nitrogens with one attached hydrogen (secondary N) is 2. The third-order valence-corrected chi connectivity index (χ3v) is 6.85. The molecule has 2 amide bonds. The van der Waals surface area contributed by atoms with Crippen LogP contribution in [-0.4, -0.2) is 28.9 Å². The molecule has 2 N–H and O–H groups in total. The molecule has 0 saturated heterocycles. The summed E-state index contributed by atoms with van der Waals surface area (Å²) in [4.78, 5) is 24.8. The van der Waals surface area contributed by atoms with E-state index in [9.17, 15) is 35.9 Å². The Labute approximate surface area is 212 Å². The minimum absolute atomic E-state index is 0.0231. The Morgan fingerprint density at radius 2 is 1.68 bits per heavy atom. The van der Waals surface area contributed by atoms with Gasteiger partial charge in [0.25, 0.3) is 5.91 Å². The standard InChI is InChI=1S/C20H12BrCl3F6N2O2/c21-12-5-8(1-3-11(12)20(28,29)30)14-15(19(14,23)24)17(34)32-9-2-4-13(22)10(6-9)16(33)31-7-18(25,26)27/h1-6,14-15H,7H2,(H,31,33)(H,32,34). The van der Waals surface area contributed by atoms with Gasteiger partial charge in [0.05, 0.1) is 22.1 Å². The van der Waals surface area contributed by atoms with Crippen molar-refractivity contribution < 1.29 is 35.9 Å². The number of halogens is 10. The average molecular weight is 613 g/mol. The van der Waals surface area contributed by atoms with Crippen LogP contribution in [0.1, 0.15) is 27.4 Å². The number of carbonyl (C=O) groups excluding carboxylic acids is 2. The fourth-order valence-electron chi connectivity index (χ4n) is 3.30. The summed E-state index contributed by atoms with van der Waals surface area (Å²) < 4.78 is 74.1. The van der Waals surface area contributed by atoms with Crippen molar-refractivity contribution in [2.75, 3.05) is 11.9 Å². The van der Waals surface area contributed by atoms with E-state index < -0.39 is 52.4 Å². The minimum atomic E-state index is -4.63. The van der Waals surface area contributed by atoms with Crippen LogP contribution in [0.3, 0.4) is 0 Å². The van der Waals surface area contributed by atoms with Crippen LogP contribution in [-0.2, 0) is 11.0 Å². The quantitative estimate of drug-likeness (QED) is 0.284. The Bertz CT molecular complexity index is 1140. The Hall–Kier alpha value is -1.69. The van der Waals surface area contributed by atoms with Gasteiger partial charge in [0.2, 0.25) is 5.91 Å². The highest BCUT2D eigenvalue weighted by Gasteiger charge is 2.67. The molecule has 1 fully saturated rings. The smallest absolute Gasteiger partial charge is 0.343 e. The lowest BCUT2D eigenvalue weighted by atomic mass is 10.1. The number of hydrogen-bond acceptors (Lipinski definition) is 2. The van der Waals surface area contributed by atoms with Crippen LogP contribution in [0, 0.1) is 5.92 Å². The maximum atomic E-state index is 13.0. The van der Waals surface area contributed by atoms with E-state index in [1.165, 1.54) is 18.2 Å². The first kappa shape index (κ1) is 26.9. The maximum absolute atomic E-state index is 13.0. The second kappa shape index (κ2) is 9.40. The van der Waals surface area contributed by atoms with Gasteiger partial charge >= 0.3 is 12.4 Å². The summed E-state index contributed by atoms with van der Waals surface area (Å²) in [5.41, 5.74) is -0.917. The van der Waals surface area contributed by atoms with Gasteiger partial charge in [0.15, 0.2) is 0 Å². The number of alkyl halides is 8. The monoisotopic (exact) mass is 610 g/mol. The second-order valence-corrected chi connectivity index (χ2v) is 10.1. The second-order valence-electron chi connectivity index (χ2n) is 7.35. The largest absolute Gasteiger partial charge is 0.417 e. The number of amides is 2. The Morgan fingerprint density at radius 3 is 2.24 bits per heavy atom. The summed E-state index contributed by atoms with van der Waals surface area (Å²) in [7, 11) is 0. The third kappa shape index (κ3) is 5.92. The molecule has 0 bridgehead atoms. The number of hydrogen-bond donors (Lipinski definition) is 2. The highest BCUT2D eigenvalue weighted by molar-refractivity contribution is 9.10. The van der Waals surface area contributed by atoms with Gasteiger partial charge in [0, 0.05) is 16.1 Å².